The number of rotatable bonds is 9. The van der Waals surface area contributed by atoms with Crippen LogP contribution in [0.25, 0.3) is 16.6 Å². The van der Waals surface area contributed by atoms with Gasteiger partial charge in [0, 0.05) is 12.2 Å². The smallest absolute Gasteiger partial charge is 0.266 e. The predicted octanol–water partition coefficient (Wildman–Crippen LogP) is 6.30. The lowest BCUT2D eigenvalue weighted by Crippen LogP contribution is -2.29. The van der Waals surface area contributed by atoms with Crippen LogP contribution in [0.1, 0.15) is 30.0 Å². The average Bonchev–Trinajstić information content (AvgIpc) is 2.96. The second-order valence-corrected chi connectivity index (χ2v) is 9.84. The molecule has 1 N–H and O–H groups in total. The van der Waals surface area contributed by atoms with E-state index in [2.05, 4.69) is 10.3 Å². The summed E-state index contributed by atoms with van der Waals surface area (Å²) in [5.74, 6) is -0.0318. The molecule has 0 spiro atoms. The van der Waals surface area contributed by atoms with Gasteiger partial charge in [0.05, 0.1) is 22.6 Å². The molecule has 7 heteroatoms. The molecule has 1 aromatic heterocycles. The topological polar surface area (TPSA) is 64.0 Å². The van der Waals surface area contributed by atoms with E-state index in [9.17, 15) is 14.0 Å². The maximum Gasteiger partial charge on any atom is 0.266 e. The quantitative estimate of drug-likeness (QED) is 0.140. The molecule has 5 rings (SSSR count). The number of carbonyl (C=O) groups excluding carboxylic acids is 1. The van der Waals surface area contributed by atoms with Gasteiger partial charge in [-0.15, -0.1) is 0 Å². The summed E-state index contributed by atoms with van der Waals surface area (Å²) in [5.41, 5.74) is 2.41. The zero-order valence-corrected chi connectivity index (χ0v) is 21.4. The highest BCUT2D eigenvalue weighted by Gasteiger charge is 2.18. The van der Waals surface area contributed by atoms with Gasteiger partial charge in [-0.25, -0.2) is 9.37 Å². The number of hydrogen-bond acceptors (Lipinski definition) is 4. The highest BCUT2D eigenvalue weighted by molar-refractivity contribution is 7.99. The molecular formula is C31H26FN3O2S. The number of benzene rings is 4. The zero-order valence-electron chi connectivity index (χ0n) is 20.6. The van der Waals surface area contributed by atoms with E-state index in [1.807, 2.05) is 66.7 Å². The van der Waals surface area contributed by atoms with Gasteiger partial charge in [-0.1, -0.05) is 96.7 Å². The maximum atomic E-state index is 14.7. The van der Waals surface area contributed by atoms with Gasteiger partial charge in [0.1, 0.15) is 5.82 Å². The monoisotopic (exact) mass is 523 g/mol. The highest BCUT2D eigenvalue weighted by Crippen LogP contribution is 2.25. The molecule has 0 saturated carbocycles. The second-order valence-electron chi connectivity index (χ2n) is 8.78. The number of thioether (sulfide) groups is 1. The van der Waals surface area contributed by atoms with Crippen molar-refractivity contribution in [1.29, 1.82) is 0 Å². The second kappa shape index (κ2) is 11.9. The Kier molecular flexibility index (Phi) is 7.95. The molecule has 5 nitrogen and oxygen atoms in total. The number of carbonyl (C=O) groups is 1. The Morgan fingerprint density at radius 2 is 1.45 bits per heavy atom. The number of nitrogens with zero attached hydrogens (tertiary/aromatic N) is 2. The zero-order chi connectivity index (χ0) is 26.3. The van der Waals surface area contributed by atoms with Crippen molar-refractivity contribution in [1.82, 2.24) is 14.9 Å². The van der Waals surface area contributed by atoms with Crippen molar-refractivity contribution in [2.45, 2.75) is 24.0 Å². The van der Waals surface area contributed by atoms with Gasteiger partial charge < -0.3 is 5.32 Å². The van der Waals surface area contributed by atoms with Gasteiger partial charge in [-0.2, -0.15) is 0 Å². The van der Waals surface area contributed by atoms with Gasteiger partial charge in [-0.05, 0) is 41.8 Å². The number of amides is 1. The third kappa shape index (κ3) is 5.68. The Labute approximate surface area is 224 Å². The normalized spacial score (nSPS) is 11.1. The Morgan fingerprint density at radius 3 is 2.13 bits per heavy atom. The largest absolute Gasteiger partial charge is 0.345 e. The predicted molar refractivity (Wildman–Crippen MR) is 150 cm³/mol. The fourth-order valence-electron chi connectivity index (χ4n) is 4.33. The minimum absolute atomic E-state index is 0.0683. The minimum atomic E-state index is -0.499. The molecule has 0 radical (unpaired) electrons. The molecule has 0 bridgehead atoms. The van der Waals surface area contributed by atoms with E-state index >= 15 is 0 Å². The van der Waals surface area contributed by atoms with Crippen molar-refractivity contribution in [2.75, 3.05) is 5.75 Å². The summed E-state index contributed by atoms with van der Waals surface area (Å²) in [5, 5.41) is 3.98. The molecule has 38 heavy (non-hydrogen) atoms. The van der Waals surface area contributed by atoms with Crippen LogP contribution in [-0.4, -0.2) is 21.2 Å². The van der Waals surface area contributed by atoms with Gasteiger partial charge in [0.15, 0.2) is 5.16 Å². The van der Waals surface area contributed by atoms with Gasteiger partial charge >= 0.3 is 0 Å². The van der Waals surface area contributed by atoms with Crippen molar-refractivity contribution in [3.05, 3.63) is 136 Å². The summed E-state index contributed by atoms with van der Waals surface area (Å²) in [6.07, 6.45) is 0.868. The first kappa shape index (κ1) is 25.4. The maximum absolute atomic E-state index is 14.7. The van der Waals surface area contributed by atoms with Crippen molar-refractivity contribution in [3.8, 4) is 5.69 Å². The first-order valence-electron chi connectivity index (χ1n) is 12.4. The van der Waals surface area contributed by atoms with E-state index in [0.29, 0.717) is 34.7 Å². The minimum Gasteiger partial charge on any atom is -0.345 e. The van der Waals surface area contributed by atoms with E-state index < -0.39 is 5.82 Å². The van der Waals surface area contributed by atoms with Crippen LogP contribution in [0.2, 0.25) is 0 Å². The molecule has 1 heterocycles. The summed E-state index contributed by atoms with van der Waals surface area (Å²) in [4.78, 5) is 30.9. The molecule has 0 aliphatic rings. The Bertz CT molecular complexity index is 1570. The summed E-state index contributed by atoms with van der Waals surface area (Å²) in [6.45, 7) is 0. The highest BCUT2D eigenvalue weighted by atomic mass is 32.2. The van der Waals surface area contributed by atoms with Gasteiger partial charge in [0.25, 0.3) is 5.56 Å². The third-order valence-corrected chi connectivity index (χ3v) is 7.21. The molecule has 0 aliphatic carbocycles. The van der Waals surface area contributed by atoms with Crippen LogP contribution in [0.3, 0.4) is 0 Å². The van der Waals surface area contributed by atoms with E-state index in [1.165, 1.54) is 22.4 Å². The Balaban J connectivity index is 1.31. The number of para-hydroxylation sites is 2. The van der Waals surface area contributed by atoms with Crippen LogP contribution in [0.5, 0.6) is 0 Å². The van der Waals surface area contributed by atoms with Crippen LogP contribution in [0, 0.1) is 5.82 Å². The molecule has 0 saturated heterocycles. The van der Waals surface area contributed by atoms with E-state index in [1.54, 1.807) is 36.4 Å². The molecule has 0 fully saturated rings. The number of halogens is 1. The number of fused-ring (bicyclic) bond motifs is 1. The number of hydrogen-bond donors (Lipinski definition) is 1. The molecular weight excluding hydrogens is 497 g/mol. The summed E-state index contributed by atoms with van der Waals surface area (Å²) in [7, 11) is 0. The first-order valence-corrected chi connectivity index (χ1v) is 13.4. The number of nitrogens with one attached hydrogen (secondary N) is 1. The summed E-state index contributed by atoms with van der Waals surface area (Å²) < 4.78 is 16.0. The fourth-order valence-corrected chi connectivity index (χ4v) is 5.28. The first-order chi connectivity index (χ1) is 18.6. The molecule has 0 unspecified atom stereocenters. The lowest BCUT2D eigenvalue weighted by atomic mass is 9.98. The van der Waals surface area contributed by atoms with E-state index in [0.717, 1.165) is 11.1 Å². The lowest BCUT2D eigenvalue weighted by molar-refractivity contribution is -0.121. The van der Waals surface area contributed by atoms with Crippen molar-refractivity contribution in [3.63, 3.8) is 0 Å². The van der Waals surface area contributed by atoms with E-state index in [-0.39, 0.29) is 23.2 Å². The van der Waals surface area contributed by atoms with Crippen molar-refractivity contribution < 1.29 is 9.18 Å². The number of aromatic nitrogens is 2. The third-order valence-electron chi connectivity index (χ3n) is 6.19. The standard InChI is InChI=1S/C31H26FN3O2S/c32-25-17-8-10-19-27(25)35-30(37)24-16-7-9-18-26(24)33-31(35)38-21-11-20-28(36)34-29(22-12-3-1-4-13-22)23-14-5-2-6-15-23/h1-10,12-19,29H,11,20-21H2,(H,34,36). The fraction of sp³-hybridized carbons (Fsp3) is 0.129. The van der Waals surface area contributed by atoms with Crippen LogP contribution >= 0.6 is 11.8 Å². The Hall–Kier alpha value is -4.23. The van der Waals surface area contributed by atoms with Gasteiger partial charge in [0.2, 0.25) is 5.91 Å². The van der Waals surface area contributed by atoms with Gasteiger partial charge in [-0.3, -0.25) is 14.2 Å². The summed E-state index contributed by atoms with van der Waals surface area (Å²) in [6, 6.07) is 32.7. The Morgan fingerprint density at radius 1 is 0.842 bits per heavy atom. The SMILES string of the molecule is O=C(CCCSc1nc2ccccc2c(=O)n1-c1ccccc1F)NC(c1ccccc1)c1ccccc1. The van der Waals surface area contributed by atoms with Crippen molar-refractivity contribution >= 4 is 28.6 Å². The lowest BCUT2D eigenvalue weighted by Gasteiger charge is -2.20. The van der Waals surface area contributed by atoms with Crippen LogP contribution in [0.4, 0.5) is 4.39 Å². The molecule has 5 aromatic rings. The van der Waals surface area contributed by atoms with E-state index in [4.69, 9.17) is 0 Å². The van der Waals surface area contributed by atoms with Crippen molar-refractivity contribution in [2.24, 2.45) is 0 Å². The summed E-state index contributed by atoms with van der Waals surface area (Å²) >= 11 is 1.34. The molecule has 0 aliphatic heterocycles. The van der Waals surface area contributed by atoms with Crippen LogP contribution in [-0.2, 0) is 4.79 Å². The average molecular weight is 524 g/mol. The van der Waals surface area contributed by atoms with Crippen LogP contribution in [0.15, 0.2) is 119 Å². The molecule has 1 amide bonds. The molecule has 190 valence electrons. The molecule has 0 atom stereocenters. The van der Waals surface area contributed by atoms with Crippen LogP contribution < -0.4 is 10.9 Å². The molecule has 4 aromatic carbocycles.